The molecule has 2 N–H and O–H groups in total. The van der Waals surface area contributed by atoms with Crippen LogP contribution in [0.4, 0.5) is 0 Å². The molecule has 0 bridgehead atoms. The minimum Gasteiger partial charge on any atom is -0.394 e. The first-order valence-electron chi connectivity index (χ1n) is 5.86. The van der Waals surface area contributed by atoms with E-state index >= 15 is 0 Å². The van der Waals surface area contributed by atoms with Crippen molar-refractivity contribution in [3.8, 4) is 0 Å². The Hall–Kier alpha value is -0.610. The van der Waals surface area contributed by atoms with Gasteiger partial charge in [-0.2, -0.15) is 0 Å². The van der Waals surface area contributed by atoms with Crippen LogP contribution in [0.2, 0.25) is 0 Å². The van der Waals surface area contributed by atoms with Crippen molar-refractivity contribution in [1.29, 1.82) is 0 Å². The van der Waals surface area contributed by atoms with Gasteiger partial charge in [-0.1, -0.05) is 6.92 Å². The summed E-state index contributed by atoms with van der Waals surface area (Å²) in [6.07, 6.45) is 1.99. The summed E-state index contributed by atoms with van der Waals surface area (Å²) in [7, 11) is 0. The third-order valence-corrected chi connectivity index (χ3v) is 3.71. The topological polar surface area (TPSA) is 52.6 Å². The number of nitrogens with zero attached hydrogens (tertiary/aromatic N) is 1. The summed E-state index contributed by atoms with van der Waals surface area (Å²) < 4.78 is 0. The van der Waals surface area contributed by atoms with Crippen molar-refractivity contribution in [2.24, 2.45) is 11.8 Å². The summed E-state index contributed by atoms with van der Waals surface area (Å²) in [6, 6.07) is 0.0744. The molecule has 2 aliphatic heterocycles. The quantitative estimate of drug-likeness (QED) is 0.668. The molecular weight excluding hydrogens is 192 g/mol. The molecule has 0 aliphatic carbocycles. The number of rotatable bonds is 2. The Morgan fingerprint density at radius 3 is 2.93 bits per heavy atom. The minimum atomic E-state index is 0.0744. The van der Waals surface area contributed by atoms with Crippen molar-refractivity contribution in [1.82, 2.24) is 10.2 Å². The van der Waals surface area contributed by atoms with Gasteiger partial charge in [0.05, 0.1) is 18.6 Å². The summed E-state index contributed by atoms with van der Waals surface area (Å²) in [5, 5.41) is 12.4. The maximum absolute atomic E-state index is 12.2. The Bertz CT molecular complexity index is 245. The van der Waals surface area contributed by atoms with Crippen LogP contribution in [0.1, 0.15) is 19.8 Å². The predicted octanol–water partition coefficient (Wildman–Crippen LogP) is -0.175. The summed E-state index contributed by atoms with van der Waals surface area (Å²) in [5.41, 5.74) is 0. The van der Waals surface area contributed by atoms with E-state index in [-0.39, 0.29) is 24.5 Å². The van der Waals surface area contributed by atoms with Crippen LogP contribution in [0.15, 0.2) is 0 Å². The van der Waals surface area contributed by atoms with Crippen molar-refractivity contribution in [2.75, 3.05) is 26.2 Å². The molecule has 2 heterocycles. The number of hydrogen-bond donors (Lipinski definition) is 2. The van der Waals surface area contributed by atoms with Gasteiger partial charge in [0, 0.05) is 13.1 Å². The van der Waals surface area contributed by atoms with Gasteiger partial charge in [-0.25, -0.2) is 0 Å². The third-order valence-electron chi connectivity index (χ3n) is 3.71. The Kier molecular flexibility index (Phi) is 3.26. The molecule has 0 aromatic carbocycles. The van der Waals surface area contributed by atoms with Crippen molar-refractivity contribution >= 4 is 5.91 Å². The Morgan fingerprint density at radius 2 is 2.33 bits per heavy atom. The van der Waals surface area contributed by atoms with Crippen LogP contribution < -0.4 is 5.32 Å². The van der Waals surface area contributed by atoms with Crippen LogP contribution in [0.5, 0.6) is 0 Å². The molecule has 1 amide bonds. The predicted molar refractivity (Wildman–Crippen MR) is 57.3 cm³/mol. The lowest BCUT2D eigenvalue weighted by atomic mass is 9.96. The van der Waals surface area contributed by atoms with Gasteiger partial charge in [0.1, 0.15) is 0 Å². The Labute approximate surface area is 90.6 Å². The van der Waals surface area contributed by atoms with E-state index in [9.17, 15) is 9.90 Å². The van der Waals surface area contributed by atoms with E-state index in [1.54, 1.807) is 0 Å². The average Bonchev–Trinajstić information content (AvgIpc) is 2.84. The maximum atomic E-state index is 12.2. The summed E-state index contributed by atoms with van der Waals surface area (Å²) in [5.74, 6) is 0.790. The van der Waals surface area contributed by atoms with Crippen LogP contribution in [0, 0.1) is 11.8 Å². The molecule has 0 saturated carbocycles. The van der Waals surface area contributed by atoms with E-state index in [0.717, 1.165) is 32.5 Å². The van der Waals surface area contributed by atoms with E-state index in [1.807, 2.05) is 4.90 Å². The summed E-state index contributed by atoms with van der Waals surface area (Å²) >= 11 is 0. The van der Waals surface area contributed by atoms with E-state index in [1.165, 1.54) is 0 Å². The van der Waals surface area contributed by atoms with Crippen molar-refractivity contribution in [3.05, 3.63) is 0 Å². The van der Waals surface area contributed by atoms with E-state index < -0.39 is 0 Å². The molecule has 0 radical (unpaired) electrons. The van der Waals surface area contributed by atoms with Crippen LogP contribution in [-0.4, -0.2) is 48.2 Å². The van der Waals surface area contributed by atoms with Gasteiger partial charge < -0.3 is 15.3 Å². The first kappa shape index (κ1) is 10.9. The number of nitrogens with one attached hydrogen (secondary N) is 1. The monoisotopic (exact) mass is 212 g/mol. The molecule has 2 aliphatic rings. The number of aliphatic hydroxyl groups is 1. The molecule has 0 aromatic heterocycles. The number of carbonyl (C=O) groups excluding carboxylic acids is 1. The highest BCUT2D eigenvalue weighted by atomic mass is 16.3. The number of carbonyl (C=O) groups is 1. The highest BCUT2D eigenvalue weighted by Crippen LogP contribution is 2.24. The fraction of sp³-hybridized carbons (Fsp3) is 0.909. The molecule has 3 unspecified atom stereocenters. The lowest BCUT2D eigenvalue weighted by molar-refractivity contribution is -0.137. The van der Waals surface area contributed by atoms with Gasteiger partial charge >= 0.3 is 0 Å². The largest absolute Gasteiger partial charge is 0.394 e. The van der Waals surface area contributed by atoms with Crippen molar-refractivity contribution < 1.29 is 9.90 Å². The van der Waals surface area contributed by atoms with Gasteiger partial charge in [-0.3, -0.25) is 4.79 Å². The molecule has 4 heteroatoms. The second kappa shape index (κ2) is 4.49. The average molecular weight is 212 g/mol. The number of likely N-dealkylation sites (tertiary alicyclic amines) is 1. The van der Waals surface area contributed by atoms with E-state index in [2.05, 4.69) is 12.2 Å². The molecule has 2 fully saturated rings. The van der Waals surface area contributed by atoms with Gasteiger partial charge in [0.15, 0.2) is 0 Å². The second-order valence-corrected chi connectivity index (χ2v) is 4.75. The van der Waals surface area contributed by atoms with Gasteiger partial charge in [0.2, 0.25) is 5.91 Å². The number of amides is 1. The first-order valence-corrected chi connectivity index (χ1v) is 5.86. The van der Waals surface area contributed by atoms with E-state index in [0.29, 0.717) is 5.92 Å². The zero-order chi connectivity index (χ0) is 10.8. The molecule has 15 heavy (non-hydrogen) atoms. The van der Waals surface area contributed by atoms with Crippen LogP contribution in [0.25, 0.3) is 0 Å². The lowest BCUT2D eigenvalue weighted by Crippen LogP contribution is -2.43. The number of hydrogen-bond acceptors (Lipinski definition) is 3. The standard InChI is InChI=1S/C11H20N2O2/c1-8-5-12-6-10(8)11(15)13-4-2-3-9(13)7-14/h8-10,12,14H,2-7H2,1H3. The van der Waals surface area contributed by atoms with Gasteiger partial charge in [-0.15, -0.1) is 0 Å². The zero-order valence-electron chi connectivity index (χ0n) is 9.28. The molecule has 3 atom stereocenters. The molecule has 86 valence electrons. The summed E-state index contributed by atoms with van der Waals surface area (Å²) in [6.45, 7) is 4.79. The summed E-state index contributed by atoms with van der Waals surface area (Å²) in [4.78, 5) is 14.1. The number of aliphatic hydroxyl groups excluding tert-OH is 1. The van der Waals surface area contributed by atoms with Crippen molar-refractivity contribution in [2.45, 2.75) is 25.8 Å². The molecule has 0 aromatic rings. The van der Waals surface area contributed by atoms with Gasteiger partial charge in [0.25, 0.3) is 0 Å². The van der Waals surface area contributed by atoms with Crippen molar-refractivity contribution in [3.63, 3.8) is 0 Å². The highest BCUT2D eigenvalue weighted by molar-refractivity contribution is 5.80. The Morgan fingerprint density at radius 1 is 1.53 bits per heavy atom. The highest BCUT2D eigenvalue weighted by Gasteiger charge is 2.37. The molecular formula is C11H20N2O2. The van der Waals surface area contributed by atoms with Crippen LogP contribution in [-0.2, 0) is 4.79 Å². The molecule has 2 saturated heterocycles. The normalized spacial score (nSPS) is 36.1. The minimum absolute atomic E-state index is 0.0744. The maximum Gasteiger partial charge on any atom is 0.227 e. The van der Waals surface area contributed by atoms with Crippen LogP contribution in [0.3, 0.4) is 0 Å². The second-order valence-electron chi connectivity index (χ2n) is 4.75. The van der Waals surface area contributed by atoms with Gasteiger partial charge in [-0.05, 0) is 25.3 Å². The zero-order valence-corrected chi connectivity index (χ0v) is 9.28. The van der Waals surface area contributed by atoms with Crippen LogP contribution >= 0.6 is 0 Å². The first-order chi connectivity index (χ1) is 7.24. The third kappa shape index (κ3) is 2.01. The molecule has 2 rings (SSSR count). The fourth-order valence-corrected chi connectivity index (χ4v) is 2.67. The molecule has 0 spiro atoms. The molecule has 4 nitrogen and oxygen atoms in total. The van der Waals surface area contributed by atoms with E-state index in [4.69, 9.17) is 0 Å². The smallest absolute Gasteiger partial charge is 0.227 e. The fourth-order valence-electron chi connectivity index (χ4n) is 2.67. The SMILES string of the molecule is CC1CNCC1C(=O)N1CCCC1CO. The lowest BCUT2D eigenvalue weighted by Gasteiger charge is -2.27. The Balaban J connectivity index is 2.00.